The van der Waals surface area contributed by atoms with Crippen molar-refractivity contribution < 1.29 is 61.1 Å². The van der Waals surface area contributed by atoms with Crippen molar-refractivity contribution in [3.8, 4) is 0 Å². The van der Waals surface area contributed by atoms with E-state index in [4.69, 9.17) is 46.7 Å². The summed E-state index contributed by atoms with van der Waals surface area (Å²) in [6.45, 7) is 16.8. The summed E-state index contributed by atoms with van der Waals surface area (Å²) in [5.74, 6) is -2.01. The Morgan fingerprint density at radius 3 is 1.89 bits per heavy atom. The number of hydrogen-bond donors (Lipinski definition) is 0. The quantitative estimate of drug-likeness (QED) is 0.200. The van der Waals surface area contributed by atoms with Crippen LogP contribution in [0.3, 0.4) is 0 Å². The summed E-state index contributed by atoms with van der Waals surface area (Å²) in [5.41, 5.74) is 0.964. The third-order valence-corrected chi connectivity index (χ3v) is 13.6. The zero-order valence-corrected chi connectivity index (χ0v) is 30.0. The summed E-state index contributed by atoms with van der Waals surface area (Å²) >= 11 is 0. The maximum atomic E-state index is 12.2. The Labute approximate surface area is 278 Å². The zero-order valence-electron chi connectivity index (χ0n) is 29.0. The van der Waals surface area contributed by atoms with Crippen molar-refractivity contribution >= 4 is 26.5 Å². The summed E-state index contributed by atoms with van der Waals surface area (Å²) in [6, 6.07) is 9.75. The van der Waals surface area contributed by atoms with Crippen LogP contribution in [0.5, 0.6) is 0 Å². The van der Waals surface area contributed by atoms with Gasteiger partial charge in [0, 0.05) is 38.0 Å². The largest absolute Gasteiger partial charge is 0.456 e. The molecule has 0 saturated carbocycles. The van der Waals surface area contributed by atoms with Gasteiger partial charge in [-0.3, -0.25) is 14.4 Å². The topological polar surface area (TPSA) is 144 Å². The molecule has 0 spiro atoms. The minimum absolute atomic E-state index is 0.195. The van der Waals surface area contributed by atoms with Gasteiger partial charge in [-0.15, -0.1) is 0 Å². The van der Waals surface area contributed by atoms with Gasteiger partial charge in [-0.1, -0.05) is 71.9 Å². The van der Waals surface area contributed by atoms with E-state index in [1.165, 1.54) is 27.9 Å². The average molecular weight is 683 g/mol. The average Bonchev–Trinajstić information content (AvgIpc) is 3.32. The smallest absolute Gasteiger partial charge is 0.349 e. The van der Waals surface area contributed by atoms with Gasteiger partial charge in [-0.2, -0.15) is 0 Å². The molecule has 0 radical (unpaired) electrons. The number of methoxy groups -OCH3 is 1. The standard InChI is InChI=1S/C33H50O13Si/c1-19(34)41-25-23(44-30(37-10)29(43-21(3)36)27(25)42-20(2)35)17-39-31-28(38-16-22-14-12-11-13-15-22)26-24(45-31)18-40-47(46-26,32(4,5)6)33(7,8)9/h11-15,23-31H,16-18H2,1-10H3/t23-,24+,25+,26+,27+,28-,29-,30-,31-/m1/s1. The minimum Gasteiger partial charge on any atom is -0.456 e. The molecule has 47 heavy (non-hydrogen) atoms. The minimum atomic E-state index is -2.90. The molecule has 14 heteroatoms. The Morgan fingerprint density at radius 1 is 0.766 bits per heavy atom. The van der Waals surface area contributed by atoms with E-state index in [0.29, 0.717) is 6.61 Å². The molecule has 3 aliphatic rings. The Bertz CT molecular complexity index is 1220. The van der Waals surface area contributed by atoms with Gasteiger partial charge in [0.1, 0.15) is 24.4 Å². The number of fused-ring (bicyclic) bond motifs is 1. The van der Waals surface area contributed by atoms with E-state index >= 15 is 0 Å². The van der Waals surface area contributed by atoms with Crippen LogP contribution in [0.1, 0.15) is 67.9 Å². The lowest BCUT2D eigenvalue weighted by atomic mass is 9.98. The van der Waals surface area contributed by atoms with Gasteiger partial charge in [0.25, 0.3) is 0 Å². The summed E-state index contributed by atoms with van der Waals surface area (Å²) in [4.78, 5) is 36.3. The van der Waals surface area contributed by atoms with Gasteiger partial charge in [-0.25, -0.2) is 0 Å². The van der Waals surface area contributed by atoms with E-state index in [1.807, 2.05) is 30.3 Å². The van der Waals surface area contributed by atoms with Crippen molar-refractivity contribution in [2.24, 2.45) is 0 Å². The predicted octanol–water partition coefficient (Wildman–Crippen LogP) is 3.94. The number of benzene rings is 1. The normalized spacial score (nSPS) is 32.3. The van der Waals surface area contributed by atoms with E-state index in [1.54, 1.807) is 0 Å². The maximum Gasteiger partial charge on any atom is 0.349 e. The Balaban J connectivity index is 1.62. The lowest BCUT2D eigenvalue weighted by molar-refractivity contribution is -0.310. The molecule has 1 aromatic carbocycles. The Kier molecular flexibility index (Phi) is 11.9. The number of carbonyl (C=O) groups is 3. The van der Waals surface area contributed by atoms with Crippen LogP contribution < -0.4 is 0 Å². The van der Waals surface area contributed by atoms with Gasteiger partial charge in [-0.05, 0) is 5.56 Å². The van der Waals surface area contributed by atoms with Crippen molar-refractivity contribution in [3.05, 3.63) is 35.9 Å². The molecule has 3 saturated heterocycles. The fraction of sp³-hybridized carbons (Fsp3) is 0.727. The van der Waals surface area contributed by atoms with Crippen LogP contribution in [-0.4, -0.2) is 102 Å². The predicted molar refractivity (Wildman–Crippen MR) is 168 cm³/mol. The van der Waals surface area contributed by atoms with Crippen LogP contribution in [0.2, 0.25) is 10.1 Å². The Hall–Kier alpha value is -2.43. The lowest BCUT2D eigenvalue weighted by Crippen LogP contribution is -2.65. The first-order chi connectivity index (χ1) is 22.0. The highest BCUT2D eigenvalue weighted by molar-refractivity contribution is 6.73. The van der Waals surface area contributed by atoms with Crippen LogP contribution in [0.25, 0.3) is 0 Å². The van der Waals surface area contributed by atoms with Crippen LogP contribution in [0.15, 0.2) is 30.3 Å². The molecule has 0 aromatic heterocycles. The highest BCUT2D eigenvalue weighted by atomic mass is 28.4. The molecule has 3 heterocycles. The molecular weight excluding hydrogens is 632 g/mol. The molecule has 0 amide bonds. The zero-order chi connectivity index (χ0) is 34.7. The second-order valence-electron chi connectivity index (χ2n) is 14.1. The van der Waals surface area contributed by atoms with E-state index in [9.17, 15) is 14.4 Å². The summed E-state index contributed by atoms with van der Waals surface area (Å²) in [6.07, 6.45) is -8.40. The van der Waals surface area contributed by atoms with E-state index in [2.05, 4.69) is 41.5 Å². The van der Waals surface area contributed by atoms with E-state index < -0.39 is 81.8 Å². The molecule has 0 aliphatic carbocycles. The van der Waals surface area contributed by atoms with Gasteiger partial charge in [0.05, 0.1) is 19.8 Å². The first-order valence-corrected chi connectivity index (χ1v) is 17.7. The molecule has 3 fully saturated rings. The fourth-order valence-electron chi connectivity index (χ4n) is 6.75. The third kappa shape index (κ3) is 8.42. The SMILES string of the molecule is CO[C@@H]1O[C@H](CO[C@@H]2O[C@H]3CO[Si](C(C)(C)C)(C(C)(C)C)O[C@@H]3[C@H]2OCc2ccccc2)[C@H](OC(C)=O)[C@H](OC(C)=O)[C@H]1OC(C)=O. The molecule has 1 aromatic rings. The van der Waals surface area contributed by atoms with Crippen molar-refractivity contribution in [1.82, 2.24) is 0 Å². The molecular formula is C33H50O13Si. The third-order valence-electron chi connectivity index (χ3n) is 8.43. The van der Waals surface area contributed by atoms with Crippen molar-refractivity contribution in [3.63, 3.8) is 0 Å². The molecule has 264 valence electrons. The van der Waals surface area contributed by atoms with E-state index in [-0.39, 0.29) is 23.3 Å². The number of carbonyl (C=O) groups excluding carboxylic acids is 3. The second-order valence-corrected chi connectivity index (χ2v) is 18.9. The van der Waals surface area contributed by atoms with Crippen molar-refractivity contribution in [1.29, 1.82) is 0 Å². The molecule has 0 N–H and O–H groups in total. The number of hydrogen-bond acceptors (Lipinski definition) is 13. The van der Waals surface area contributed by atoms with Crippen LogP contribution in [0, 0.1) is 0 Å². The Morgan fingerprint density at radius 2 is 1.34 bits per heavy atom. The molecule has 4 rings (SSSR count). The molecule has 13 nitrogen and oxygen atoms in total. The van der Waals surface area contributed by atoms with Gasteiger partial charge < -0.3 is 46.7 Å². The first-order valence-electron chi connectivity index (χ1n) is 15.9. The van der Waals surface area contributed by atoms with E-state index in [0.717, 1.165) is 5.56 Å². The second kappa shape index (κ2) is 15.0. The highest BCUT2D eigenvalue weighted by Crippen LogP contribution is 2.55. The number of rotatable bonds is 10. The summed E-state index contributed by atoms with van der Waals surface area (Å²) in [7, 11) is -1.55. The number of ether oxygens (including phenoxy) is 8. The molecule has 0 bridgehead atoms. The van der Waals surface area contributed by atoms with Crippen LogP contribution in [0.4, 0.5) is 0 Å². The lowest BCUT2D eigenvalue weighted by Gasteiger charge is -2.53. The monoisotopic (exact) mass is 682 g/mol. The van der Waals surface area contributed by atoms with Crippen LogP contribution in [-0.2, 0) is 67.7 Å². The maximum absolute atomic E-state index is 12.2. The fourth-order valence-corrected chi connectivity index (χ4v) is 11.7. The van der Waals surface area contributed by atoms with Crippen molar-refractivity contribution in [2.75, 3.05) is 20.3 Å². The molecule has 9 atom stereocenters. The molecule has 0 unspecified atom stereocenters. The van der Waals surface area contributed by atoms with Gasteiger partial charge in [0.15, 0.2) is 30.9 Å². The van der Waals surface area contributed by atoms with Gasteiger partial charge >= 0.3 is 26.5 Å². The highest BCUT2D eigenvalue weighted by Gasteiger charge is 2.65. The van der Waals surface area contributed by atoms with Crippen LogP contribution >= 0.6 is 0 Å². The molecule has 3 aliphatic heterocycles. The summed E-state index contributed by atoms with van der Waals surface area (Å²) < 4.78 is 61.0. The summed E-state index contributed by atoms with van der Waals surface area (Å²) in [5, 5.41) is -0.544. The number of esters is 3. The first kappa shape index (κ1) is 37.4. The van der Waals surface area contributed by atoms with Crippen molar-refractivity contribution in [2.45, 2.75) is 134 Å². The van der Waals surface area contributed by atoms with Gasteiger partial charge in [0.2, 0.25) is 0 Å².